The number of hydrogen-bond acceptors (Lipinski definition) is 3. The van der Waals surface area contributed by atoms with Crippen LogP contribution in [0.4, 0.5) is 0 Å². The van der Waals surface area contributed by atoms with Crippen LogP contribution >= 0.6 is 0 Å². The summed E-state index contributed by atoms with van der Waals surface area (Å²) in [6.45, 7) is 6.75. The topological polar surface area (TPSA) is 77.8 Å². The third-order valence-corrected chi connectivity index (χ3v) is 8.82. The smallest absolute Gasteiger partial charge is 0.303 e. The fraction of sp³-hybridized carbons (Fsp3) is 0.923. The zero-order valence-corrected chi connectivity index (χ0v) is 18.5. The highest BCUT2D eigenvalue weighted by Gasteiger charge is 2.65. The normalized spacial score (nSPS) is 68.3. The molecule has 4 heteroatoms. The molecule has 0 aromatic heterocycles. The largest absolute Gasteiger partial charge is 0.481 e. The molecule has 3 N–H and O–H groups in total. The highest BCUT2D eigenvalue weighted by atomic mass is 16.4. The van der Waals surface area contributed by atoms with Crippen molar-refractivity contribution in [3.05, 3.63) is 5.92 Å². The molecule has 1 radical (unpaired) electrons. The predicted molar refractivity (Wildman–Crippen MR) is 118 cm³/mol. The van der Waals surface area contributed by atoms with Gasteiger partial charge in [-0.2, -0.15) is 0 Å². The summed E-state index contributed by atoms with van der Waals surface area (Å²) >= 11 is 0. The van der Waals surface area contributed by atoms with Crippen LogP contribution < -0.4 is 0 Å². The van der Waals surface area contributed by atoms with Crippen molar-refractivity contribution in [2.75, 3.05) is 0 Å². The molecule has 0 heterocycles. The molecular weight excluding hydrogens is 376 g/mol. The van der Waals surface area contributed by atoms with Crippen molar-refractivity contribution in [2.24, 2.45) is 46.3 Å². The standard InChI is InChI=1S/C26H43O4/c1-5-17-21-14-16(27)10-12-26(21,4)20-11-13-25(3)18(15(2)6-9-22(28)29)7-8-19(25)23(20)24(17)30/h15-20,23-24,27,30H,5-14H2,1-4H3,(H,28,29)/t15-,16-,17-,18-,19?,20?,23+,24-,25-,26-/m1/s1/i9D2,10D2,14D2,16D,17D,23D,24D. The SMILES string of the molecule is [2H]C([2H])(C[C@@H](C)[C@H]1CCC2[C@@]3([2H])C(CC[C@@]21C)[C@@]1(C)CC([2H])([2H])[C@@]([2H])(O)C([2H])([2H])[C]1[C@@]([2H])(CC)[C@@]3([2H])O)C(=O)O. The number of rotatable bonds is 5. The van der Waals surface area contributed by atoms with Crippen molar-refractivity contribution in [2.45, 2.75) is 104 Å². The minimum atomic E-state index is -3.28. The molecule has 0 aliphatic heterocycles. The van der Waals surface area contributed by atoms with Crippen molar-refractivity contribution < 1.29 is 33.8 Å². The summed E-state index contributed by atoms with van der Waals surface area (Å²) in [6.07, 6.45) is -14.1. The number of carboxylic acids is 1. The van der Waals surface area contributed by atoms with Gasteiger partial charge in [0, 0.05) is 17.3 Å². The van der Waals surface area contributed by atoms with E-state index >= 15 is 0 Å². The summed E-state index contributed by atoms with van der Waals surface area (Å²) < 4.78 is 87.8. The summed E-state index contributed by atoms with van der Waals surface area (Å²) in [6, 6.07) is 0. The van der Waals surface area contributed by atoms with Gasteiger partial charge in [-0.3, -0.25) is 4.79 Å². The average Bonchev–Trinajstić information content (AvgIpc) is 3.14. The van der Waals surface area contributed by atoms with Gasteiger partial charge in [0.25, 0.3) is 0 Å². The maximum atomic E-state index is 12.1. The molecule has 10 atom stereocenters. The van der Waals surface area contributed by atoms with E-state index in [9.17, 15) is 24.2 Å². The molecule has 0 bridgehead atoms. The molecular formula is C26H43O4. The number of carboxylic acid groups (broad SMARTS) is 1. The highest BCUT2D eigenvalue weighted by molar-refractivity contribution is 5.66. The molecule has 4 saturated carbocycles. The third kappa shape index (κ3) is 3.36. The van der Waals surface area contributed by atoms with Crippen molar-refractivity contribution in [3.8, 4) is 0 Å². The van der Waals surface area contributed by atoms with Crippen molar-refractivity contribution in [3.63, 3.8) is 0 Å². The lowest BCUT2D eigenvalue weighted by Gasteiger charge is -2.64. The molecule has 0 aromatic rings. The van der Waals surface area contributed by atoms with E-state index in [0.717, 1.165) is 0 Å². The molecule has 0 saturated heterocycles. The lowest BCUT2D eigenvalue weighted by atomic mass is 9.41. The molecule has 4 aliphatic rings. The molecule has 4 nitrogen and oxygen atoms in total. The van der Waals surface area contributed by atoms with E-state index < -0.39 is 90.0 Å². The zero-order chi connectivity index (χ0) is 30.9. The second kappa shape index (κ2) is 8.06. The van der Waals surface area contributed by atoms with Gasteiger partial charge in [0.2, 0.25) is 0 Å². The van der Waals surface area contributed by atoms with Gasteiger partial charge >= 0.3 is 5.97 Å². The number of carbonyl (C=O) groups is 1. The molecule has 0 aromatic carbocycles. The Labute approximate surface area is 196 Å². The molecule has 2 unspecified atom stereocenters. The Hall–Kier alpha value is -0.610. The number of aliphatic carboxylic acids is 1. The van der Waals surface area contributed by atoms with Crippen LogP contribution in [-0.4, -0.2) is 33.4 Å². The van der Waals surface area contributed by atoms with Gasteiger partial charge in [-0.05, 0) is 103 Å². The number of aliphatic hydroxyl groups is 2. The average molecular weight is 430 g/mol. The molecule has 4 rings (SSSR count). The summed E-state index contributed by atoms with van der Waals surface area (Å²) in [4.78, 5) is 11.5. The van der Waals surface area contributed by atoms with Gasteiger partial charge in [0.15, 0.2) is 0 Å². The predicted octanol–water partition coefficient (Wildman–Crippen LogP) is 5.07. The van der Waals surface area contributed by atoms with Crippen molar-refractivity contribution in [1.29, 1.82) is 0 Å². The van der Waals surface area contributed by atoms with Gasteiger partial charge in [-0.25, -0.2) is 0 Å². The van der Waals surface area contributed by atoms with E-state index in [-0.39, 0.29) is 25.2 Å². The molecule has 30 heavy (non-hydrogen) atoms. The second-order valence-corrected chi connectivity index (χ2v) is 10.3. The Morgan fingerprint density at radius 3 is 2.67 bits per heavy atom. The van der Waals surface area contributed by atoms with Crippen LogP contribution in [0, 0.1) is 52.2 Å². The lowest BCUT2D eigenvalue weighted by molar-refractivity contribution is -0.156. The van der Waals surface area contributed by atoms with Crippen LogP contribution in [0.1, 0.15) is 105 Å². The summed E-state index contributed by atoms with van der Waals surface area (Å²) in [7, 11) is 0. The van der Waals surface area contributed by atoms with Gasteiger partial charge in [0.1, 0.15) is 0 Å². The van der Waals surface area contributed by atoms with Crippen LogP contribution in [0.3, 0.4) is 0 Å². The number of hydrogen-bond donors (Lipinski definition) is 3. The van der Waals surface area contributed by atoms with Gasteiger partial charge in [0.05, 0.1) is 14.9 Å². The first-order chi connectivity index (χ1) is 17.8. The van der Waals surface area contributed by atoms with Crippen LogP contribution in [0.25, 0.3) is 0 Å². The summed E-state index contributed by atoms with van der Waals surface area (Å²) in [5.74, 6) is -8.72. The van der Waals surface area contributed by atoms with Crippen LogP contribution in [0.5, 0.6) is 0 Å². The highest BCUT2D eigenvalue weighted by Crippen LogP contribution is 2.70. The Morgan fingerprint density at radius 1 is 1.27 bits per heavy atom. The summed E-state index contributed by atoms with van der Waals surface area (Å²) in [5, 5.41) is 32.4. The van der Waals surface area contributed by atoms with E-state index in [1.54, 1.807) is 13.8 Å². The Morgan fingerprint density at radius 2 is 2.00 bits per heavy atom. The van der Waals surface area contributed by atoms with Gasteiger partial charge in [-0.15, -0.1) is 0 Å². The van der Waals surface area contributed by atoms with E-state index in [0.29, 0.717) is 19.3 Å². The molecule has 0 spiro atoms. The Kier molecular flexibility index (Phi) is 3.54. The second-order valence-electron chi connectivity index (χ2n) is 10.3. The van der Waals surface area contributed by atoms with Gasteiger partial charge < -0.3 is 15.3 Å². The van der Waals surface area contributed by atoms with Crippen LogP contribution in [-0.2, 0) is 4.79 Å². The first-order valence-electron chi connectivity index (χ1n) is 16.3. The zero-order valence-electron chi connectivity index (χ0n) is 28.5. The maximum Gasteiger partial charge on any atom is 0.303 e. The summed E-state index contributed by atoms with van der Waals surface area (Å²) in [5.41, 5.74) is -2.24. The molecule has 4 fully saturated rings. The van der Waals surface area contributed by atoms with E-state index in [4.69, 9.17) is 9.60 Å². The molecule has 0 amide bonds. The monoisotopic (exact) mass is 429 g/mol. The lowest BCUT2D eigenvalue weighted by Crippen LogP contribution is -2.61. The van der Waals surface area contributed by atoms with E-state index in [1.807, 2.05) is 6.92 Å². The van der Waals surface area contributed by atoms with E-state index in [1.165, 1.54) is 6.92 Å². The molecule has 4 aliphatic carbocycles. The number of fused-ring (bicyclic) bond motifs is 5. The Balaban J connectivity index is 1.88. The maximum absolute atomic E-state index is 12.1. The molecule has 171 valence electrons. The van der Waals surface area contributed by atoms with Crippen LogP contribution in [0.15, 0.2) is 0 Å². The first-order valence-corrected chi connectivity index (χ1v) is 11.3. The minimum absolute atomic E-state index is 0.190. The van der Waals surface area contributed by atoms with Crippen molar-refractivity contribution in [1.82, 2.24) is 0 Å². The quantitative estimate of drug-likeness (QED) is 0.570. The van der Waals surface area contributed by atoms with E-state index in [2.05, 4.69) is 0 Å². The van der Waals surface area contributed by atoms with Gasteiger partial charge in [-0.1, -0.05) is 34.1 Å². The Bertz CT molecular complexity index is 1070. The third-order valence-electron chi connectivity index (χ3n) is 8.82. The first kappa shape index (κ1) is 13.2. The minimum Gasteiger partial charge on any atom is -0.481 e. The fourth-order valence-electron chi connectivity index (χ4n) is 7.32. The fourth-order valence-corrected chi connectivity index (χ4v) is 7.32. The van der Waals surface area contributed by atoms with Crippen LogP contribution in [0.2, 0.25) is 0 Å². The van der Waals surface area contributed by atoms with Crippen molar-refractivity contribution >= 4 is 5.97 Å².